The first-order valence-corrected chi connectivity index (χ1v) is 8.16. The highest BCUT2D eigenvalue weighted by molar-refractivity contribution is 7.13. The van der Waals surface area contributed by atoms with Crippen molar-refractivity contribution in [2.24, 2.45) is 11.8 Å². The minimum absolute atomic E-state index is 0.0586. The summed E-state index contributed by atoms with van der Waals surface area (Å²) in [5.74, 6) is 0.251. The van der Waals surface area contributed by atoms with Crippen LogP contribution in [0.4, 0.5) is 0 Å². The van der Waals surface area contributed by atoms with Crippen LogP contribution >= 0.6 is 11.3 Å². The Bertz CT molecular complexity index is 625. The molecule has 3 rings (SSSR count). The zero-order chi connectivity index (χ0) is 15.0. The third kappa shape index (κ3) is 2.72. The van der Waals surface area contributed by atoms with Gasteiger partial charge in [-0.1, -0.05) is 25.1 Å². The molecule has 6 heteroatoms. The quantitative estimate of drug-likeness (QED) is 0.938. The van der Waals surface area contributed by atoms with Gasteiger partial charge in [0, 0.05) is 0 Å². The zero-order valence-corrected chi connectivity index (χ0v) is 13.0. The van der Waals surface area contributed by atoms with Crippen molar-refractivity contribution >= 4 is 17.3 Å². The Balaban J connectivity index is 2.04. The number of carbonyl (C=O) groups is 1. The lowest BCUT2D eigenvalue weighted by Gasteiger charge is -2.32. The fraction of sp³-hybridized carbons (Fsp3) is 0.533. The number of aromatic nitrogens is 3. The molecular weight excluding hydrogens is 286 g/mol. The van der Waals surface area contributed by atoms with Crippen LogP contribution < -0.4 is 0 Å². The summed E-state index contributed by atoms with van der Waals surface area (Å²) in [6, 6.07) is 4.10. The molecule has 2 heterocycles. The molecule has 2 atom stereocenters. The van der Waals surface area contributed by atoms with Crippen molar-refractivity contribution in [1.29, 1.82) is 0 Å². The molecule has 1 fully saturated rings. The number of hydrogen-bond acceptors (Lipinski definition) is 4. The van der Waals surface area contributed by atoms with Crippen LogP contribution in [0.5, 0.6) is 0 Å². The first-order chi connectivity index (χ1) is 10.1. The van der Waals surface area contributed by atoms with Crippen molar-refractivity contribution in [2.75, 3.05) is 0 Å². The molecule has 1 aliphatic carbocycles. The second-order valence-corrected chi connectivity index (χ2v) is 7.03. The number of carboxylic acids is 1. The normalized spacial score (nSPS) is 25.9. The average molecular weight is 305 g/mol. The minimum Gasteiger partial charge on any atom is -0.476 e. The van der Waals surface area contributed by atoms with Crippen LogP contribution in [0.2, 0.25) is 0 Å². The summed E-state index contributed by atoms with van der Waals surface area (Å²) in [6.07, 6.45) is 3.29. The molecule has 2 unspecified atom stereocenters. The lowest BCUT2D eigenvalue weighted by Crippen LogP contribution is -2.24. The Labute approximate surface area is 127 Å². The van der Waals surface area contributed by atoms with E-state index in [0.29, 0.717) is 17.5 Å². The molecule has 5 nitrogen and oxygen atoms in total. The monoisotopic (exact) mass is 305 g/mol. The summed E-state index contributed by atoms with van der Waals surface area (Å²) in [5.41, 5.74) is 0.715. The summed E-state index contributed by atoms with van der Waals surface area (Å²) in [6.45, 7) is 4.50. The molecule has 0 spiro atoms. The SMILES string of the molecule is CC1CC(C)CC(n2nnc(C(=O)O)c2-c2cccs2)C1. The first kappa shape index (κ1) is 14.3. The predicted molar refractivity (Wildman–Crippen MR) is 81.5 cm³/mol. The van der Waals surface area contributed by atoms with Gasteiger partial charge >= 0.3 is 5.97 Å². The van der Waals surface area contributed by atoms with Gasteiger partial charge in [-0.2, -0.15) is 0 Å². The van der Waals surface area contributed by atoms with E-state index in [9.17, 15) is 9.90 Å². The number of nitrogens with zero attached hydrogens (tertiary/aromatic N) is 3. The van der Waals surface area contributed by atoms with Crippen molar-refractivity contribution < 1.29 is 9.90 Å². The maximum absolute atomic E-state index is 11.4. The predicted octanol–water partition coefficient (Wildman–Crippen LogP) is 3.70. The molecular formula is C15H19N3O2S. The van der Waals surface area contributed by atoms with Crippen LogP contribution in [0.15, 0.2) is 17.5 Å². The summed E-state index contributed by atoms with van der Waals surface area (Å²) >= 11 is 1.53. The maximum Gasteiger partial charge on any atom is 0.358 e. The first-order valence-electron chi connectivity index (χ1n) is 7.28. The number of aromatic carboxylic acids is 1. The van der Waals surface area contributed by atoms with Crippen LogP contribution in [-0.4, -0.2) is 26.1 Å². The van der Waals surface area contributed by atoms with E-state index < -0.39 is 5.97 Å². The van der Waals surface area contributed by atoms with Crippen LogP contribution in [0.25, 0.3) is 10.6 Å². The van der Waals surface area contributed by atoms with E-state index in [-0.39, 0.29) is 11.7 Å². The van der Waals surface area contributed by atoms with E-state index >= 15 is 0 Å². The van der Waals surface area contributed by atoms with Crippen molar-refractivity contribution in [3.63, 3.8) is 0 Å². The third-order valence-corrected chi connectivity index (χ3v) is 5.03. The molecule has 21 heavy (non-hydrogen) atoms. The van der Waals surface area contributed by atoms with Gasteiger partial charge in [-0.05, 0) is 42.5 Å². The molecule has 0 radical (unpaired) electrons. The van der Waals surface area contributed by atoms with Crippen molar-refractivity contribution in [1.82, 2.24) is 15.0 Å². The molecule has 1 saturated carbocycles. The molecule has 1 N–H and O–H groups in total. The Kier molecular flexibility index (Phi) is 3.80. The van der Waals surface area contributed by atoms with Gasteiger partial charge in [-0.15, -0.1) is 16.4 Å². The van der Waals surface area contributed by atoms with Gasteiger partial charge in [0.05, 0.1) is 10.9 Å². The Morgan fingerprint density at radius 2 is 2.05 bits per heavy atom. The van der Waals surface area contributed by atoms with Crippen molar-refractivity contribution in [3.8, 4) is 10.6 Å². The van der Waals surface area contributed by atoms with E-state index in [4.69, 9.17) is 0 Å². The van der Waals surface area contributed by atoms with Gasteiger partial charge < -0.3 is 5.11 Å². The Morgan fingerprint density at radius 1 is 1.33 bits per heavy atom. The standard InChI is InChI=1S/C15H19N3O2S/c1-9-6-10(2)8-11(7-9)18-14(12-4-3-5-21-12)13(15(19)20)16-17-18/h3-5,9-11H,6-8H2,1-2H3,(H,19,20). The van der Waals surface area contributed by atoms with Gasteiger partial charge in [0.1, 0.15) is 5.69 Å². The highest BCUT2D eigenvalue weighted by atomic mass is 32.1. The van der Waals surface area contributed by atoms with E-state index in [1.54, 1.807) is 0 Å². The highest BCUT2D eigenvalue weighted by Crippen LogP contribution is 2.39. The maximum atomic E-state index is 11.4. The van der Waals surface area contributed by atoms with Gasteiger partial charge in [0.2, 0.25) is 0 Å². The van der Waals surface area contributed by atoms with Crippen LogP contribution in [0.3, 0.4) is 0 Å². The van der Waals surface area contributed by atoms with Gasteiger partial charge in [0.25, 0.3) is 0 Å². The second kappa shape index (κ2) is 5.60. The van der Waals surface area contributed by atoms with Crippen molar-refractivity contribution in [2.45, 2.75) is 39.2 Å². The number of thiophene rings is 1. The number of rotatable bonds is 3. The van der Waals surface area contributed by atoms with Gasteiger partial charge in [-0.3, -0.25) is 0 Å². The zero-order valence-electron chi connectivity index (χ0n) is 12.2. The van der Waals surface area contributed by atoms with Gasteiger partial charge in [0.15, 0.2) is 5.69 Å². The average Bonchev–Trinajstić information content (AvgIpc) is 3.06. The number of carboxylic acid groups (broad SMARTS) is 1. The van der Waals surface area contributed by atoms with Crippen LogP contribution in [0, 0.1) is 11.8 Å². The number of hydrogen-bond donors (Lipinski definition) is 1. The lowest BCUT2D eigenvalue weighted by molar-refractivity contribution is 0.0691. The van der Waals surface area contributed by atoms with E-state index in [0.717, 1.165) is 17.7 Å². The fourth-order valence-corrected chi connectivity index (χ4v) is 4.20. The molecule has 0 aromatic carbocycles. The summed E-state index contributed by atoms with van der Waals surface area (Å²) < 4.78 is 1.85. The molecule has 0 saturated heterocycles. The van der Waals surface area contributed by atoms with E-state index in [2.05, 4.69) is 24.2 Å². The molecule has 0 amide bonds. The molecule has 112 valence electrons. The van der Waals surface area contributed by atoms with E-state index in [1.165, 1.54) is 17.8 Å². The molecule has 0 aliphatic heterocycles. The minimum atomic E-state index is -1.01. The third-order valence-electron chi connectivity index (χ3n) is 4.15. The van der Waals surface area contributed by atoms with Gasteiger partial charge in [-0.25, -0.2) is 9.48 Å². The second-order valence-electron chi connectivity index (χ2n) is 6.08. The Morgan fingerprint density at radius 3 is 2.62 bits per heavy atom. The smallest absolute Gasteiger partial charge is 0.358 e. The van der Waals surface area contributed by atoms with Crippen LogP contribution in [0.1, 0.15) is 49.6 Å². The summed E-state index contributed by atoms with van der Waals surface area (Å²) in [4.78, 5) is 12.4. The Hall–Kier alpha value is -1.69. The topological polar surface area (TPSA) is 68.0 Å². The molecule has 2 aromatic rings. The lowest BCUT2D eigenvalue weighted by atomic mass is 9.80. The van der Waals surface area contributed by atoms with E-state index in [1.807, 2.05) is 22.2 Å². The molecule has 2 aromatic heterocycles. The van der Waals surface area contributed by atoms with Crippen molar-refractivity contribution in [3.05, 3.63) is 23.2 Å². The fourth-order valence-electron chi connectivity index (χ4n) is 3.44. The summed E-state index contributed by atoms with van der Waals surface area (Å²) in [5, 5.41) is 19.4. The summed E-state index contributed by atoms with van der Waals surface area (Å²) in [7, 11) is 0. The largest absolute Gasteiger partial charge is 0.476 e. The van der Waals surface area contributed by atoms with Crippen LogP contribution in [-0.2, 0) is 0 Å². The molecule has 1 aliphatic rings. The molecule has 0 bridgehead atoms. The highest BCUT2D eigenvalue weighted by Gasteiger charge is 2.30.